The first-order valence-electron chi connectivity index (χ1n) is 5.05. The van der Waals surface area contributed by atoms with E-state index in [2.05, 4.69) is 6.92 Å². The van der Waals surface area contributed by atoms with E-state index in [0.717, 1.165) is 25.7 Å². The van der Waals surface area contributed by atoms with Crippen molar-refractivity contribution in [3.63, 3.8) is 0 Å². The molecular formula is C10H19NaO4. The van der Waals surface area contributed by atoms with Gasteiger partial charge < -0.3 is 11.6 Å². The molecule has 0 heterocycles. The maximum absolute atomic E-state index is 10.5. The van der Waals surface area contributed by atoms with Crippen molar-refractivity contribution >= 4 is 11.9 Å². The van der Waals surface area contributed by atoms with Crippen LogP contribution in [0.25, 0.3) is 0 Å². The molecular weight excluding hydrogens is 207 g/mol. The molecule has 0 fully saturated rings. The van der Waals surface area contributed by atoms with Crippen LogP contribution in [-0.4, -0.2) is 22.2 Å². The third-order valence-electron chi connectivity index (χ3n) is 2.19. The summed E-state index contributed by atoms with van der Waals surface area (Å²) in [6.45, 7) is 2.09. The Hall–Kier alpha value is -0.0600. The zero-order chi connectivity index (χ0) is 11.0. The number of hydrogen-bond acceptors (Lipinski definition) is 2. The van der Waals surface area contributed by atoms with Gasteiger partial charge in [0.25, 0.3) is 0 Å². The monoisotopic (exact) mass is 226 g/mol. The summed E-state index contributed by atoms with van der Waals surface area (Å²) >= 11 is 0. The van der Waals surface area contributed by atoms with Crippen LogP contribution < -0.4 is 29.6 Å². The number of unbranched alkanes of at least 4 members (excludes halogenated alkanes) is 4. The summed E-state index contributed by atoms with van der Waals surface area (Å²) in [4.78, 5) is 21.0. The summed E-state index contributed by atoms with van der Waals surface area (Å²) in [5.74, 6) is -3.68. The van der Waals surface area contributed by atoms with Crippen LogP contribution in [0.15, 0.2) is 0 Å². The van der Waals surface area contributed by atoms with Gasteiger partial charge in [-0.15, -0.1) is 0 Å². The van der Waals surface area contributed by atoms with Crippen molar-refractivity contribution in [1.29, 1.82) is 0 Å². The van der Waals surface area contributed by atoms with Gasteiger partial charge >= 0.3 is 41.5 Å². The van der Waals surface area contributed by atoms with Gasteiger partial charge in [-0.3, -0.25) is 9.59 Å². The Labute approximate surface area is 114 Å². The molecule has 0 aliphatic carbocycles. The largest absolute Gasteiger partial charge is 1.00 e. The second kappa shape index (κ2) is 10.5. The van der Waals surface area contributed by atoms with Crippen molar-refractivity contribution in [2.75, 3.05) is 0 Å². The second-order valence-electron chi connectivity index (χ2n) is 3.43. The standard InChI is InChI=1S/C10H18O4.Na.H/c1-2-3-4-5-6-7-8(9(11)12)10(13)14;;/h8H,2-7H2,1H3,(H,11,12)(H,13,14);;/q;+1;-1. The van der Waals surface area contributed by atoms with Crippen LogP contribution in [0.5, 0.6) is 0 Å². The van der Waals surface area contributed by atoms with Crippen LogP contribution in [0, 0.1) is 5.92 Å². The minimum Gasteiger partial charge on any atom is -1.00 e. The average molecular weight is 226 g/mol. The predicted octanol–water partition coefficient (Wildman–Crippen LogP) is -0.751. The summed E-state index contributed by atoms with van der Waals surface area (Å²) < 4.78 is 0. The number of rotatable bonds is 8. The topological polar surface area (TPSA) is 74.6 Å². The molecule has 0 saturated heterocycles. The van der Waals surface area contributed by atoms with Crippen molar-refractivity contribution < 1.29 is 50.8 Å². The summed E-state index contributed by atoms with van der Waals surface area (Å²) in [6, 6.07) is 0. The molecule has 0 bridgehead atoms. The molecule has 0 radical (unpaired) electrons. The van der Waals surface area contributed by atoms with E-state index in [-0.39, 0.29) is 37.4 Å². The van der Waals surface area contributed by atoms with Gasteiger partial charge in [-0.05, 0) is 6.42 Å². The molecule has 0 amide bonds. The van der Waals surface area contributed by atoms with Crippen LogP contribution in [-0.2, 0) is 9.59 Å². The minimum atomic E-state index is -1.23. The molecule has 15 heavy (non-hydrogen) atoms. The first-order chi connectivity index (χ1) is 6.59. The molecule has 0 aliphatic heterocycles. The molecule has 0 aliphatic rings. The third-order valence-corrected chi connectivity index (χ3v) is 2.19. The molecule has 0 saturated carbocycles. The number of aliphatic carboxylic acids is 2. The summed E-state index contributed by atoms with van der Waals surface area (Å²) in [7, 11) is 0. The number of carbonyl (C=O) groups is 2. The quantitative estimate of drug-likeness (QED) is 0.324. The van der Waals surface area contributed by atoms with Crippen LogP contribution in [0.3, 0.4) is 0 Å². The van der Waals surface area contributed by atoms with E-state index in [1.807, 2.05) is 0 Å². The van der Waals surface area contributed by atoms with Crippen LogP contribution in [0.2, 0.25) is 0 Å². The molecule has 2 N–H and O–H groups in total. The molecule has 0 aromatic carbocycles. The molecule has 0 aromatic rings. The van der Waals surface area contributed by atoms with Crippen LogP contribution in [0.4, 0.5) is 0 Å². The fourth-order valence-electron chi connectivity index (χ4n) is 1.30. The van der Waals surface area contributed by atoms with Gasteiger partial charge in [0, 0.05) is 0 Å². The minimum absolute atomic E-state index is 0. The van der Waals surface area contributed by atoms with Crippen molar-refractivity contribution in [2.45, 2.75) is 45.4 Å². The summed E-state index contributed by atoms with van der Waals surface area (Å²) in [5, 5.41) is 17.1. The van der Waals surface area contributed by atoms with E-state index in [9.17, 15) is 9.59 Å². The van der Waals surface area contributed by atoms with Gasteiger partial charge in [-0.1, -0.05) is 39.0 Å². The zero-order valence-electron chi connectivity index (χ0n) is 10.5. The van der Waals surface area contributed by atoms with E-state index in [1.54, 1.807) is 0 Å². The number of carboxylic acids is 2. The van der Waals surface area contributed by atoms with Gasteiger partial charge in [-0.25, -0.2) is 0 Å². The Kier molecular flexibility index (Phi) is 12.1. The third kappa shape index (κ3) is 8.90. The van der Waals surface area contributed by atoms with Gasteiger partial charge in [0.15, 0.2) is 5.92 Å². The zero-order valence-corrected chi connectivity index (χ0v) is 11.5. The van der Waals surface area contributed by atoms with Crippen molar-refractivity contribution in [2.24, 2.45) is 5.92 Å². The number of hydrogen-bond donors (Lipinski definition) is 2. The van der Waals surface area contributed by atoms with Gasteiger partial charge in [0.2, 0.25) is 0 Å². The van der Waals surface area contributed by atoms with E-state index < -0.39 is 17.9 Å². The maximum Gasteiger partial charge on any atom is 1.00 e. The Morgan fingerprint density at radius 3 is 1.93 bits per heavy atom. The fraction of sp³-hybridized carbons (Fsp3) is 0.800. The fourth-order valence-corrected chi connectivity index (χ4v) is 1.30. The first-order valence-corrected chi connectivity index (χ1v) is 5.05. The van der Waals surface area contributed by atoms with Crippen LogP contribution in [0.1, 0.15) is 46.9 Å². The Morgan fingerprint density at radius 2 is 1.53 bits per heavy atom. The van der Waals surface area contributed by atoms with E-state index >= 15 is 0 Å². The van der Waals surface area contributed by atoms with Gasteiger partial charge in [-0.2, -0.15) is 0 Å². The van der Waals surface area contributed by atoms with E-state index in [4.69, 9.17) is 10.2 Å². The smallest absolute Gasteiger partial charge is 1.00 e. The predicted molar refractivity (Wildman–Crippen MR) is 53.2 cm³/mol. The molecule has 0 atom stereocenters. The molecule has 0 unspecified atom stereocenters. The SMILES string of the molecule is CCCCCCCC(C(=O)O)C(=O)O.[H-].[Na+]. The normalized spacial score (nSPS) is 9.73. The summed E-state index contributed by atoms with van der Waals surface area (Å²) in [6.07, 6.45) is 5.16. The molecule has 0 spiro atoms. The second-order valence-corrected chi connectivity index (χ2v) is 3.43. The molecule has 84 valence electrons. The molecule has 4 nitrogen and oxygen atoms in total. The van der Waals surface area contributed by atoms with Crippen molar-refractivity contribution in [1.82, 2.24) is 0 Å². The Bertz CT molecular complexity index is 185. The maximum atomic E-state index is 10.5. The number of carboxylic acid groups (broad SMARTS) is 2. The van der Waals surface area contributed by atoms with Crippen LogP contribution >= 0.6 is 0 Å². The molecule has 0 aromatic heterocycles. The van der Waals surface area contributed by atoms with Crippen molar-refractivity contribution in [3.05, 3.63) is 0 Å². The first kappa shape index (κ1) is 17.3. The molecule has 5 heteroatoms. The van der Waals surface area contributed by atoms with Crippen molar-refractivity contribution in [3.8, 4) is 0 Å². The van der Waals surface area contributed by atoms with E-state index in [1.165, 1.54) is 0 Å². The molecule has 0 rings (SSSR count). The van der Waals surface area contributed by atoms with Gasteiger partial charge in [0.1, 0.15) is 0 Å². The van der Waals surface area contributed by atoms with E-state index in [0.29, 0.717) is 6.42 Å². The Morgan fingerprint density at radius 1 is 1.07 bits per heavy atom. The van der Waals surface area contributed by atoms with Gasteiger partial charge in [0.05, 0.1) is 0 Å². The Balaban J connectivity index is -0.000000845. The average Bonchev–Trinajstić information content (AvgIpc) is 2.09. The summed E-state index contributed by atoms with van der Waals surface area (Å²) in [5.41, 5.74) is 0.